The summed E-state index contributed by atoms with van der Waals surface area (Å²) in [4.78, 5) is 0. The van der Waals surface area contributed by atoms with Crippen LogP contribution in [0.5, 0.6) is 0 Å². The van der Waals surface area contributed by atoms with E-state index in [2.05, 4.69) is 108 Å². The molecule has 0 aromatic heterocycles. The van der Waals surface area contributed by atoms with Crippen molar-refractivity contribution >= 4 is 0 Å². The van der Waals surface area contributed by atoms with Crippen LogP contribution in [0, 0.1) is 6.92 Å². The number of rotatable bonds is 5. The Labute approximate surface area is 185 Å². The van der Waals surface area contributed by atoms with Gasteiger partial charge in [-0.25, -0.2) is 0 Å². The summed E-state index contributed by atoms with van der Waals surface area (Å²) in [7, 11) is 0. The van der Waals surface area contributed by atoms with Crippen molar-refractivity contribution in [3.05, 3.63) is 35.4 Å². The summed E-state index contributed by atoms with van der Waals surface area (Å²) < 4.78 is 0. The molecule has 0 amide bonds. The average Bonchev–Trinajstić information content (AvgIpc) is 2.48. The topological polar surface area (TPSA) is 48.1 Å². The van der Waals surface area contributed by atoms with E-state index in [4.69, 9.17) is 0 Å². The molecule has 2 fully saturated rings. The van der Waals surface area contributed by atoms with Gasteiger partial charge in [-0.3, -0.25) is 10.6 Å². The molecule has 3 rings (SSSR count). The van der Waals surface area contributed by atoms with Crippen molar-refractivity contribution in [2.24, 2.45) is 0 Å². The molecule has 2 heterocycles. The van der Waals surface area contributed by atoms with Crippen LogP contribution < -0.4 is 21.3 Å². The number of benzene rings is 1. The third kappa shape index (κ3) is 6.53. The van der Waals surface area contributed by atoms with Gasteiger partial charge in [0.2, 0.25) is 0 Å². The monoisotopic (exact) mass is 414 g/mol. The van der Waals surface area contributed by atoms with Gasteiger partial charge in [0.25, 0.3) is 0 Å². The van der Waals surface area contributed by atoms with Crippen molar-refractivity contribution in [2.45, 2.75) is 128 Å². The maximum atomic E-state index is 4.03. The molecule has 4 nitrogen and oxygen atoms in total. The molecule has 30 heavy (non-hydrogen) atoms. The highest BCUT2D eigenvalue weighted by atomic mass is 15.2. The zero-order valence-corrected chi connectivity index (χ0v) is 20.9. The largest absolute Gasteiger partial charge is 0.307 e. The van der Waals surface area contributed by atoms with Gasteiger partial charge < -0.3 is 10.6 Å². The van der Waals surface area contributed by atoms with Crippen LogP contribution in [-0.2, 0) is 0 Å². The molecule has 0 spiro atoms. The Morgan fingerprint density at radius 3 is 1.33 bits per heavy atom. The normalized spacial score (nSPS) is 26.1. The molecule has 4 heteroatoms. The highest BCUT2D eigenvalue weighted by molar-refractivity contribution is 5.24. The van der Waals surface area contributed by atoms with Crippen molar-refractivity contribution in [1.29, 1.82) is 0 Å². The van der Waals surface area contributed by atoms with E-state index in [0.717, 1.165) is 25.7 Å². The number of nitrogens with one attached hydrogen (secondary N) is 4. The molecule has 2 aliphatic rings. The fraction of sp³-hybridized carbons (Fsp3) is 0.769. The minimum atomic E-state index is 0.135. The minimum Gasteiger partial charge on any atom is -0.307 e. The van der Waals surface area contributed by atoms with Gasteiger partial charge in [-0.1, -0.05) is 29.8 Å². The lowest BCUT2D eigenvalue weighted by atomic mass is 9.79. The van der Waals surface area contributed by atoms with E-state index in [1.807, 2.05) is 0 Å². The van der Waals surface area contributed by atoms with E-state index in [1.165, 1.54) is 11.1 Å². The Morgan fingerprint density at radius 1 is 0.667 bits per heavy atom. The Hall–Kier alpha value is -0.940. The van der Waals surface area contributed by atoms with Gasteiger partial charge in [0.1, 0.15) is 0 Å². The highest BCUT2D eigenvalue weighted by Gasteiger charge is 2.40. The molecular weight excluding hydrogens is 368 g/mol. The van der Waals surface area contributed by atoms with Crippen LogP contribution in [0.1, 0.15) is 98.4 Å². The quantitative estimate of drug-likeness (QED) is 0.523. The van der Waals surface area contributed by atoms with Crippen molar-refractivity contribution in [2.75, 3.05) is 0 Å². The molecule has 0 radical (unpaired) electrons. The number of hydrogen-bond acceptors (Lipinski definition) is 4. The van der Waals surface area contributed by atoms with Gasteiger partial charge in [-0.2, -0.15) is 0 Å². The molecule has 2 aliphatic heterocycles. The lowest BCUT2D eigenvalue weighted by molar-refractivity contribution is 0.115. The van der Waals surface area contributed by atoms with Crippen LogP contribution in [0.4, 0.5) is 0 Å². The first-order valence-electron chi connectivity index (χ1n) is 11.8. The third-order valence-corrected chi connectivity index (χ3v) is 6.60. The second-order valence-corrected chi connectivity index (χ2v) is 12.7. The fourth-order valence-electron chi connectivity index (χ4n) is 6.35. The van der Waals surface area contributed by atoms with E-state index in [-0.39, 0.29) is 28.3 Å². The predicted octanol–water partition coefficient (Wildman–Crippen LogP) is 4.79. The number of hydrogen-bond donors (Lipinski definition) is 4. The van der Waals surface area contributed by atoms with E-state index < -0.39 is 0 Å². The summed E-state index contributed by atoms with van der Waals surface area (Å²) in [6.45, 7) is 20.8. The molecule has 0 saturated carbocycles. The maximum Gasteiger partial charge on any atom is 0.0839 e. The Balaban J connectivity index is 1.82. The fourth-order valence-corrected chi connectivity index (χ4v) is 6.35. The standard InChI is InChI=1S/C26H46N4/c1-18-10-12-19(13-11-18)22(27-20-14-23(2,3)29-24(4,5)15-20)28-21-16-25(6,7)30-26(8,9)17-21/h10-13,20-22,27-30H,14-17H2,1-9H3. The summed E-state index contributed by atoms with van der Waals surface area (Å²) in [6.07, 6.45) is 4.68. The van der Waals surface area contributed by atoms with Gasteiger partial charge in [0.15, 0.2) is 0 Å². The van der Waals surface area contributed by atoms with Crippen LogP contribution in [0.3, 0.4) is 0 Å². The first-order valence-corrected chi connectivity index (χ1v) is 11.8. The Bertz CT molecular complexity index is 645. The average molecular weight is 415 g/mol. The van der Waals surface area contributed by atoms with Gasteiger partial charge in [-0.15, -0.1) is 0 Å². The van der Waals surface area contributed by atoms with Crippen molar-refractivity contribution in [3.8, 4) is 0 Å². The molecule has 2 saturated heterocycles. The molecule has 0 atom stereocenters. The predicted molar refractivity (Wildman–Crippen MR) is 129 cm³/mol. The van der Waals surface area contributed by atoms with Crippen molar-refractivity contribution in [3.63, 3.8) is 0 Å². The smallest absolute Gasteiger partial charge is 0.0839 e. The van der Waals surface area contributed by atoms with Gasteiger partial charge in [0.05, 0.1) is 6.17 Å². The second kappa shape index (κ2) is 8.20. The van der Waals surface area contributed by atoms with E-state index in [9.17, 15) is 0 Å². The molecule has 1 aromatic carbocycles. The summed E-state index contributed by atoms with van der Waals surface area (Å²) in [5.74, 6) is 0. The van der Waals surface area contributed by atoms with E-state index >= 15 is 0 Å². The zero-order chi connectivity index (χ0) is 22.4. The third-order valence-electron chi connectivity index (χ3n) is 6.60. The van der Waals surface area contributed by atoms with E-state index in [1.54, 1.807) is 0 Å². The van der Waals surface area contributed by atoms with Crippen LogP contribution in [0.15, 0.2) is 24.3 Å². The number of aryl methyl sites for hydroxylation is 1. The summed E-state index contributed by atoms with van der Waals surface area (Å²) in [5, 5.41) is 15.7. The SMILES string of the molecule is Cc1ccc(C(NC2CC(C)(C)NC(C)(C)C2)NC2CC(C)(C)NC(C)(C)C2)cc1. The number of piperidine rings is 2. The van der Waals surface area contributed by atoms with Crippen molar-refractivity contribution in [1.82, 2.24) is 21.3 Å². The first kappa shape index (κ1) is 23.7. The van der Waals surface area contributed by atoms with Crippen LogP contribution >= 0.6 is 0 Å². The molecular formula is C26H46N4. The highest BCUT2D eigenvalue weighted by Crippen LogP contribution is 2.32. The zero-order valence-electron chi connectivity index (χ0n) is 20.9. The molecule has 0 unspecified atom stereocenters. The maximum absolute atomic E-state index is 4.03. The molecule has 4 N–H and O–H groups in total. The molecule has 0 aliphatic carbocycles. The second-order valence-electron chi connectivity index (χ2n) is 12.7. The minimum absolute atomic E-state index is 0.135. The molecule has 0 bridgehead atoms. The van der Waals surface area contributed by atoms with Gasteiger partial charge in [0, 0.05) is 34.2 Å². The van der Waals surface area contributed by atoms with Gasteiger partial charge in [-0.05, 0) is 93.6 Å². The Kier molecular flexibility index (Phi) is 6.48. The first-order chi connectivity index (χ1) is 13.6. The lowest BCUT2D eigenvalue weighted by Gasteiger charge is -2.49. The Morgan fingerprint density at radius 2 is 1.00 bits per heavy atom. The summed E-state index contributed by atoms with van der Waals surface area (Å²) >= 11 is 0. The van der Waals surface area contributed by atoms with Crippen LogP contribution in [-0.4, -0.2) is 34.2 Å². The van der Waals surface area contributed by atoms with E-state index in [0.29, 0.717) is 12.1 Å². The molecule has 1 aromatic rings. The van der Waals surface area contributed by atoms with Crippen LogP contribution in [0.2, 0.25) is 0 Å². The molecule has 170 valence electrons. The lowest BCUT2D eigenvalue weighted by Crippen LogP contribution is -2.64. The van der Waals surface area contributed by atoms with Gasteiger partial charge >= 0.3 is 0 Å². The summed E-state index contributed by atoms with van der Waals surface area (Å²) in [5.41, 5.74) is 3.19. The van der Waals surface area contributed by atoms with Crippen molar-refractivity contribution < 1.29 is 0 Å². The summed E-state index contributed by atoms with van der Waals surface area (Å²) in [6, 6.07) is 9.98. The van der Waals surface area contributed by atoms with Crippen LogP contribution in [0.25, 0.3) is 0 Å².